The summed E-state index contributed by atoms with van der Waals surface area (Å²) in [5.74, 6) is 0. The molecule has 0 unspecified atom stereocenters. The molecule has 0 fully saturated rings. The number of aromatic nitrogens is 1. The highest BCUT2D eigenvalue weighted by molar-refractivity contribution is 5.57. The summed E-state index contributed by atoms with van der Waals surface area (Å²) in [6, 6.07) is 7.37. The van der Waals surface area contributed by atoms with Gasteiger partial charge in [-0.1, -0.05) is 0 Å². The number of hydrogen-bond acceptors (Lipinski definition) is 3. The Hall–Kier alpha value is -2.08. The molecule has 0 amide bonds. The van der Waals surface area contributed by atoms with Crippen molar-refractivity contribution in [1.29, 1.82) is 5.26 Å². The van der Waals surface area contributed by atoms with Gasteiger partial charge in [0, 0.05) is 11.8 Å². The Bertz CT molecular complexity index is 423. The van der Waals surface area contributed by atoms with Crippen molar-refractivity contribution in [3.05, 3.63) is 42.5 Å². The minimum absolute atomic E-state index is 0.562. The maximum atomic E-state index is 8.55. The topological polar surface area (TPSA) is 49.8 Å². The molecule has 0 aliphatic heterocycles. The molecule has 0 bridgehead atoms. The Labute approximate surface area is 75.3 Å². The summed E-state index contributed by atoms with van der Waals surface area (Å²) in [7, 11) is 0. The van der Waals surface area contributed by atoms with E-state index >= 15 is 0 Å². The lowest BCUT2D eigenvalue weighted by molar-refractivity contribution is 0.568. The predicted octanol–water partition coefficient (Wildman–Crippen LogP) is 2.21. The fraction of sp³-hybridized carbons (Fsp3) is 0. The molecule has 3 heteroatoms. The average Bonchev–Trinajstić information content (AvgIpc) is 2.71. The average molecular weight is 170 g/mol. The van der Waals surface area contributed by atoms with Gasteiger partial charge in [0.15, 0.2) is 0 Å². The zero-order chi connectivity index (χ0) is 9.10. The van der Waals surface area contributed by atoms with E-state index in [1.54, 1.807) is 30.9 Å². The Morgan fingerprint density at radius 1 is 1.31 bits per heavy atom. The van der Waals surface area contributed by atoms with E-state index < -0.39 is 0 Å². The third-order valence-electron chi connectivity index (χ3n) is 1.71. The Morgan fingerprint density at radius 2 is 2.23 bits per heavy atom. The molecule has 0 radical (unpaired) electrons. The zero-order valence-electron chi connectivity index (χ0n) is 6.77. The Balaban J connectivity index is 2.40. The van der Waals surface area contributed by atoms with Crippen LogP contribution in [0.15, 0.2) is 41.3 Å². The molecule has 0 aliphatic rings. The summed E-state index contributed by atoms with van der Waals surface area (Å²) in [5, 5.41) is 8.55. The first-order chi connectivity index (χ1) is 6.40. The highest BCUT2D eigenvalue weighted by Gasteiger charge is 1.99. The molecular weight excluding hydrogens is 164 g/mol. The third kappa shape index (κ3) is 1.42. The number of furan rings is 1. The molecule has 0 aromatic carbocycles. The summed E-state index contributed by atoms with van der Waals surface area (Å²) in [6.07, 6.45) is 4.76. The van der Waals surface area contributed by atoms with Crippen LogP contribution in [0.5, 0.6) is 0 Å². The van der Waals surface area contributed by atoms with Crippen LogP contribution in [0.1, 0.15) is 5.56 Å². The van der Waals surface area contributed by atoms with Crippen LogP contribution in [-0.2, 0) is 0 Å². The monoisotopic (exact) mass is 170 g/mol. The molecule has 0 aliphatic carbocycles. The Kier molecular flexibility index (Phi) is 1.81. The van der Waals surface area contributed by atoms with E-state index in [-0.39, 0.29) is 0 Å². The van der Waals surface area contributed by atoms with Crippen molar-refractivity contribution in [1.82, 2.24) is 4.98 Å². The van der Waals surface area contributed by atoms with Crippen molar-refractivity contribution in [2.24, 2.45) is 0 Å². The fourth-order valence-corrected chi connectivity index (χ4v) is 1.04. The van der Waals surface area contributed by atoms with Crippen molar-refractivity contribution in [2.45, 2.75) is 0 Å². The summed E-state index contributed by atoms with van der Waals surface area (Å²) in [6.45, 7) is 0. The molecule has 0 spiro atoms. The highest BCUT2D eigenvalue weighted by atomic mass is 16.3. The molecule has 0 saturated heterocycles. The quantitative estimate of drug-likeness (QED) is 0.659. The van der Waals surface area contributed by atoms with Crippen molar-refractivity contribution in [2.75, 3.05) is 0 Å². The number of hydrogen-bond donors (Lipinski definition) is 0. The molecule has 2 aromatic rings. The van der Waals surface area contributed by atoms with Gasteiger partial charge in [-0.15, -0.1) is 0 Å². The van der Waals surface area contributed by atoms with Crippen molar-refractivity contribution in [3.63, 3.8) is 0 Å². The van der Waals surface area contributed by atoms with E-state index in [1.165, 1.54) is 0 Å². The smallest absolute Gasteiger partial charge is 0.101 e. The standard InChI is InChI=1S/C10H6N2O/c11-5-8-1-2-10(12-6-8)9-3-4-13-7-9/h1-4,6-7H. The molecule has 62 valence electrons. The van der Waals surface area contributed by atoms with Crippen molar-refractivity contribution in [3.8, 4) is 17.3 Å². The lowest BCUT2D eigenvalue weighted by Crippen LogP contribution is -1.81. The van der Waals surface area contributed by atoms with E-state index in [4.69, 9.17) is 9.68 Å². The first-order valence-corrected chi connectivity index (χ1v) is 3.79. The minimum Gasteiger partial charge on any atom is -0.472 e. The predicted molar refractivity (Wildman–Crippen MR) is 46.7 cm³/mol. The van der Waals surface area contributed by atoms with Crippen LogP contribution in [0.3, 0.4) is 0 Å². The largest absolute Gasteiger partial charge is 0.472 e. The second kappa shape index (κ2) is 3.11. The first kappa shape index (κ1) is 7.56. The van der Waals surface area contributed by atoms with Crippen LogP contribution < -0.4 is 0 Å². The maximum absolute atomic E-state index is 8.55. The van der Waals surface area contributed by atoms with Crippen LogP contribution in [0.25, 0.3) is 11.3 Å². The van der Waals surface area contributed by atoms with Gasteiger partial charge in [0.25, 0.3) is 0 Å². The molecule has 3 nitrogen and oxygen atoms in total. The summed E-state index contributed by atoms with van der Waals surface area (Å²) in [4.78, 5) is 4.11. The fourth-order valence-electron chi connectivity index (χ4n) is 1.04. The van der Waals surface area contributed by atoms with Gasteiger partial charge in [-0.05, 0) is 18.2 Å². The molecule has 2 rings (SSSR count). The SMILES string of the molecule is N#Cc1ccc(-c2ccoc2)nc1. The van der Waals surface area contributed by atoms with Crippen LogP contribution in [-0.4, -0.2) is 4.98 Å². The molecule has 2 heterocycles. The number of nitriles is 1. The molecule has 0 N–H and O–H groups in total. The molecule has 13 heavy (non-hydrogen) atoms. The lowest BCUT2D eigenvalue weighted by atomic mass is 10.2. The molecule has 0 atom stereocenters. The van der Waals surface area contributed by atoms with Gasteiger partial charge in [0.2, 0.25) is 0 Å². The number of nitrogens with zero attached hydrogens (tertiary/aromatic N) is 2. The highest BCUT2D eigenvalue weighted by Crippen LogP contribution is 2.16. The van der Waals surface area contributed by atoms with Crippen molar-refractivity contribution >= 4 is 0 Å². The summed E-state index contributed by atoms with van der Waals surface area (Å²) < 4.78 is 4.92. The number of pyridine rings is 1. The molecular formula is C10H6N2O. The zero-order valence-corrected chi connectivity index (χ0v) is 6.77. The van der Waals surface area contributed by atoms with Crippen LogP contribution >= 0.6 is 0 Å². The van der Waals surface area contributed by atoms with Crippen LogP contribution in [0.4, 0.5) is 0 Å². The van der Waals surface area contributed by atoms with Crippen LogP contribution in [0, 0.1) is 11.3 Å². The Morgan fingerprint density at radius 3 is 2.77 bits per heavy atom. The van der Waals surface area contributed by atoms with Gasteiger partial charge in [0.05, 0.1) is 23.8 Å². The second-order valence-corrected chi connectivity index (χ2v) is 2.56. The summed E-state index contributed by atoms with van der Waals surface area (Å²) >= 11 is 0. The lowest BCUT2D eigenvalue weighted by Gasteiger charge is -1.94. The molecule has 0 saturated carbocycles. The van der Waals surface area contributed by atoms with Gasteiger partial charge in [-0.2, -0.15) is 5.26 Å². The van der Waals surface area contributed by atoms with E-state index in [2.05, 4.69) is 4.98 Å². The number of rotatable bonds is 1. The van der Waals surface area contributed by atoms with Crippen molar-refractivity contribution < 1.29 is 4.42 Å². The van der Waals surface area contributed by atoms with Gasteiger partial charge >= 0.3 is 0 Å². The van der Waals surface area contributed by atoms with Gasteiger partial charge in [-0.25, -0.2) is 0 Å². The summed E-state index contributed by atoms with van der Waals surface area (Å²) in [5.41, 5.74) is 2.30. The first-order valence-electron chi connectivity index (χ1n) is 3.79. The van der Waals surface area contributed by atoms with Gasteiger partial charge in [-0.3, -0.25) is 4.98 Å². The van der Waals surface area contributed by atoms with E-state index in [9.17, 15) is 0 Å². The third-order valence-corrected chi connectivity index (χ3v) is 1.71. The molecule has 2 aromatic heterocycles. The minimum atomic E-state index is 0.562. The van der Waals surface area contributed by atoms with E-state index in [0.717, 1.165) is 11.3 Å². The van der Waals surface area contributed by atoms with Gasteiger partial charge < -0.3 is 4.42 Å². The normalized spacial score (nSPS) is 9.46. The van der Waals surface area contributed by atoms with E-state index in [0.29, 0.717) is 5.56 Å². The maximum Gasteiger partial charge on any atom is 0.101 e. The second-order valence-electron chi connectivity index (χ2n) is 2.56. The van der Waals surface area contributed by atoms with Crippen LogP contribution in [0.2, 0.25) is 0 Å². The van der Waals surface area contributed by atoms with Gasteiger partial charge in [0.1, 0.15) is 6.07 Å². The van der Waals surface area contributed by atoms with E-state index in [1.807, 2.05) is 12.1 Å².